The van der Waals surface area contributed by atoms with Crippen molar-refractivity contribution in [2.45, 2.75) is 44.6 Å². The van der Waals surface area contributed by atoms with Gasteiger partial charge in [-0.3, -0.25) is 9.48 Å². The van der Waals surface area contributed by atoms with Crippen molar-refractivity contribution in [3.8, 4) is 0 Å². The largest absolute Gasteiger partial charge is 0.350 e. The molecule has 4 heteroatoms. The van der Waals surface area contributed by atoms with Crippen molar-refractivity contribution >= 4 is 5.91 Å². The van der Waals surface area contributed by atoms with Crippen LogP contribution in [0.15, 0.2) is 12.3 Å². The van der Waals surface area contributed by atoms with Gasteiger partial charge in [-0.15, -0.1) is 0 Å². The van der Waals surface area contributed by atoms with Crippen molar-refractivity contribution in [3.05, 3.63) is 18.0 Å². The van der Waals surface area contributed by atoms with Gasteiger partial charge in [0.25, 0.3) is 5.91 Å². The number of carbonyl (C=O) groups is 1. The van der Waals surface area contributed by atoms with Gasteiger partial charge in [0.15, 0.2) is 0 Å². The number of hydrogen-bond donors (Lipinski definition) is 1. The molecule has 0 atom stereocenters. The molecule has 1 aromatic rings. The summed E-state index contributed by atoms with van der Waals surface area (Å²) in [6.07, 6.45) is 9.44. The molecule has 0 saturated heterocycles. The molecule has 1 aromatic heterocycles. The average Bonchev–Trinajstić information content (AvgIpc) is 2.85. The molecule has 92 valence electrons. The van der Waals surface area contributed by atoms with Crippen LogP contribution in [0.4, 0.5) is 0 Å². The molecule has 1 amide bonds. The second kappa shape index (κ2) is 4.51. The van der Waals surface area contributed by atoms with Crippen LogP contribution in [0.25, 0.3) is 0 Å². The van der Waals surface area contributed by atoms with Crippen molar-refractivity contribution in [3.63, 3.8) is 0 Å². The molecule has 2 saturated carbocycles. The predicted molar refractivity (Wildman–Crippen MR) is 64.8 cm³/mol. The Hall–Kier alpha value is -1.32. The first-order valence-corrected chi connectivity index (χ1v) is 6.66. The normalized spacial score (nSPS) is 20.7. The van der Waals surface area contributed by atoms with E-state index in [-0.39, 0.29) is 5.91 Å². The van der Waals surface area contributed by atoms with Crippen LogP contribution in [0, 0.1) is 5.92 Å². The fourth-order valence-corrected chi connectivity index (χ4v) is 2.48. The minimum absolute atomic E-state index is 0.0198. The van der Waals surface area contributed by atoms with Crippen LogP contribution in [0.5, 0.6) is 0 Å². The first-order chi connectivity index (χ1) is 8.33. The van der Waals surface area contributed by atoms with Crippen LogP contribution in [0.3, 0.4) is 0 Å². The zero-order valence-corrected chi connectivity index (χ0v) is 10.1. The highest BCUT2D eigenvalue weighted by Crippen LogP contribution is 2.29. The van der Waals surface area contributed by atoms with Gasteiger partial charge < -0.3 is 5.32 Å². The molecule has 0 unspecified atom stereocenters. The van der Waals surface area contributed by atoms with E-state index in [2.05, 4.69) is 10.4 Å². The van der Waals surface area contributed by atoms with Gasteiger partial charge in [-0.25, -0.2) is 0 Å². The van der Waals surface area contributed by atoms with Crippen LogP contribution < -0.4 is 5.32 Å². The van der Waals surface area contributed by atoms with E-state index < -0.39 is 0 Å². The number of aromatic nitrogens is 2. The Morgan fingerprint density at radius 1 is 1.35 bits per heavy atom. The molecule has 3 rings (SSSR count). The van der Waals surface area contributed by atoms with Crippen molar-refractivity contribution in [1.82, 2.24) is 15.1 Å². The van der Waals surface area contributed by atoms with E-state index >= 15 is 0 Å². The summed E-state index contributed by atoms with van der Waals surface area (Å²) in [5, 5.41) is 7.35. The topological polar surface area (TPSA) is 46.9 Å². The molecule has 2 fully saturated rings. The summed E-state index contributed by atoms with van der Waals surface area (Å²) in [4.78, 5) is 11.8. The third-order valence-corrected chi connectivity index (χ3v) is 3.79. The van der Waals surface area contributed by atoms with E-state index in [1.807, 2.05) is 16.9 Å². The van der Waals surface area contributed by atoms with Crippen molar-refractivity contribution in [1.29, 1.82) is 0 Å². The number of rotatable bonds is 4. The Morgan fingerprint density at radius 3 is 2.82 bits per heavy atom. The molecule has 0 spiro atoms. The minimum atomic E-state index is -0.0198. The van der Waals surface area contributed by atoms with Crippen LogP contribution in [-0.2, 0) is 0 Å². The summed E-state index contributed by atoms with van der Waals surface area (Å²) < 4.78 is 1.97. The first-order valence-electron chi connectivity index (χ1n) is 6.66. The van der Waals surface area contributed by atoms with Crippen LogP contribution in [0.1, 0.15) is 55.1 Å². The van der Waals surface area contributed by atoms with Gasteiger partial charge in [0.2, 0.25) is 0 Å². The summed E-state index contributed by atoms with van der Waals surface area (Å²) >= 11 is 0. The van der Waals surface area contributed by atoms with E-state index in [9.17, 15) is 4.79 Å². The Morgan fingerprint density at radius 2 is 2.12 bits per heavy atom. The van der Waals surface area contributed by atoms with Gasteiger partial charge in [0.1, 0.15) is 5.69 Å². The van der Waals surface area contributed by atoms with Crippen LogP contribution >= 0.6 is 0 Å². The number of nitrogens with zero attached hydrogens (tertiary/aromatic N) is 2. The molecule has 0 radical (unpaired) electrons. The molecule has 2 aliphatic carbocycles. The maximum atomic E-state index is 11.8. The highest BCUT2D eigenvalue weighted by Gasteiger charge is 2.23. The summed E-state index contributed by atoms with van der Waals surface area (Å²) in [5.74, 6) is 0.699. The quantitative estimate of drug-likeness (QED) is 0.866. The molecule has 1 heterocycles. The van der Waals surface area contributed by atoms with E-state index in [0.29, 0.717) is 11.7 Å². The molecular formula is C13H19N3O. The van der Waals surface area contributed by atoms with Gasteiger partial charge in [0, 0.05) is 12.7 Å². The molecule has 1 N–H and O–H groups in total. The van der Waals surface area contributed by atoms with Crippen LogP contribution in [0.2, 0.25) is 0 Å². The van der Waals surface area contributed by atoms with Crippen molar-refractivity contribution in [2.24, 2.45) is 5.92 Å². The molecule has 4 nitrogen and oxygen atoms in total. The van der Waals surface area contributed by atoms with Gasteiger partial charge >= 0.3 is 0 Å². The van der Waals surface area contributed by atoms with Crippen molar-refractivity contribution in [2.75, 3.05) is 6.54 Å². The van der Waals surface area contributed by atoms with Crippen molar-refractivity contribution < 1.29 is 4.79 Å². The lowest BCUT2D eigenvalue weighted by molar-refractivity contribution is 0.0945. The summed E-state index contributed by atoms with van der Waals surface area (Å²) in [5.41, 5.74) is 0.567. The fourth-order valence-electron chi connectivity index (χ4n) is 2.48. The molecule has 0 aromatic carbocycles. The monoisotopic (exact) mass is 233 g/mol. The Labute approximate surface area is 101 Å². The third-order valence-electron chi connectivity index (χ3n) is 3.79. The number of nitrogens with one attached hydrogen (secondary N) is 1. The average molecular weight is 233 g/mol. The van der Waals surface area contributed by atoms with E-state index in [4.69, 9.17) is 0 Å². The predicted octanol–water partition coefficient (Wildman–Crippen LogP) is 2.14. The molecule has 2 aliphatic rings. The first kappa shape index (κ1) is 10.8. The standard InChI is InChI=1S/C13H19N3O/c17-13(14-9-10-5-6-10)12-7-8-16(15-12)11-3-1-2-4-11/h7-8,10-11H,1-6,9H2,(H,14,17). The summed E-state index contributed by atoms with van der Waals surface area (Å²) in [6.45, 7) is 0.815. The van der Waals surface area contributed by atoms with E-state index in [0.717, 1.165) is 12.5 Å². The SMILES string of the molecule is O=C(NCC1CC1)c1ccn(C2CCCC2)n1. The maximum Gasteiger partial charge on any atom is 0.271 e. The molecular weight excluding hydrogens is 214 g/mol. The second-order valence-corrected chi connectivity index (χ2v) is 5.27. The number of hydrogen-bond acceptors (Lipinski definition) is 2. The van der Waals surface area contributed by atoms with E-state index in [1.54, 1.807) is 0 Å². The molecule has 0 aliphatic heterocycles. The lowest BCUT2D eigenvalue weighted by Gasteiger charge is -2.08. The number of carbonyl (C=O) groups excluding carboxylic acids is 1. The Balaban J connectivity index is 1.60. The smallest absolute Gasteiger partial charge is 0.271 e. The Bertz CT molecular complexity index is 403. The lowest BCUT2D eigenvalue weighted by atomic mass is 10.3. The minimum Gasteiger partial charge on any atom is -0.350 e. The zero-order valence-electron chi connectivity index (χ0n) is 10.1. The van der Waals surface area contributed by atoms with Crippen LogP contribution in [-0.4, -0.2) is 22.2 Å². The fraction of sp³-hybridized carbons (Fsp3) is 0.692. The third kappa shape index (κ3) is 2.51. The summed E-state index contributed by atoms with van der Waals surface area (Å²) in [6, 6.07) is 2.35. The maximum absolute atomic E-state index is 11.8. The van der Waals surface area contributed by atoms with Gasteiger partial charge in [-0.1, -0.05) is 12.8 Å². The van der Waals surface area contributed by atoms with Gasteiger partial charge in [-0.2, -0.15) is 5.10 Å². The molecule has 0 bridgehead atoms. The highest BCUT2D eigenvalue weighted by atomic mass is 16.1. The second-order valence-electron chi connectivity index (χ2n) is 5.27. The highest BCUT2D eigenvalue weighted by molar-refractivity contribution is 5.92. The van der Waals surface area contributed by atoms with E-state index in [1.165, 1.54) is 38.5 Å². The summed E-state index contributed by atoms with van der Waals surface area (Å²) in [7, 11) is 0. The Kier molecular flexibility index (Phi) is 2.87. The van der Waals surface area contributed by atoms with Gasteiger partial charge in [0.05, 0.1) is 6.04 Å². The zero-order chi connectivity index (χ0) is 11.7. The molecule has 17 heavy (non-hydrogen) atoms. The van der Waals surface area contributed by atoms with Gasteiger partial charge in [-0.05, 0) is 37.7 Å². The number of amides is 1. The lowest BCUT2D eigenvalue weighted by Crippen LogP contribution is -2.26.